The molecule has 0 radical (unpaired) electrons. The molecule has 8 nitrogen and oxygen atoms in total. The first-order valence-electron chi connectivity index (χ1n) is 11.4. The lowest BCUT2D eigenvalue weighted by atomic mass is 9.87. The molecule has 1 aliphatic carbocycles. The minimum atomic E-state index is -0.638. The number of hydrogen-bond donors (Lipinski definition) is 0. The van der Waals surface area contributed by atoms with E-state index in [-0.39, 0.29) is 24.3 Å². The van der Waals surface area contributed by atoms with Gasteiger partial charge in [-0.05, 0) is 75.2 Å². The van der Waals surface area contributed by atoms with Gasteiger partial charge in [-0.3, -0.25) is 0 Å². The second-order valence-corrected chi connectivity index (χ2v) is 12.1. The topological polar surface area (TPSA) is 78.7 Å². The Hall–Kier alpha value is -1.42. The van der Waals surface area contributed by atoms with Crippen LogP contribution in [0.4, 0.5) is 4.79 Å². The molecule has 2 aromatic rings. The number of ether oxygens (including phenoxy) is 3. The number of carbonyl (C=O) groups is 1. The Bertz CT molecular complexity index is 1080. The number of hydrogen-bond acceptors (Lipinski definition) is 6. The zero-order valence-electron chi connectivity index (χ0n) is 19.5. The lowest BCUT2D eigenvalue weighted by Gasteiger charge is -2.41. The summed E-state index contributed by atoms with van der Waals surface area (Å²) in [6, 6.07) is 0.0728. The summed E-state index contributed by atoms with van der Waals surface area (Å²) in [5.41, 5.74) is 0.314. The van der Waals surface area contributed by atoms with Gasteiger partial charge in [0.2, 0.25) is 0 Å². The maximum absolute atomic E-state index is 12.3. The summed E-state index contributed by atoms with van der Waals surface area (Å²) in [5.74, 6) is 0.113. The lowest BCUT2D eigenvalue weighted by molar-refractivity contribution is -0.161. The molecule has 0 bridgehead atoms. The third-order valence-electron chi connectivity index (χ3n) is 6.67. The van der Waals surface area contributed by atoms with E-state index < -0.39 is 11.4 Å². The zero-order chi connectivity index (χ0) is 23.7. The van der Waals surface area contributed by atoms with E-state index in [0.717, 1.165) is 41.4 Å². The van der Waals surface area contributed by atoms with Crippen molar-refractivity contribution in [3.8, 4) is 0 Å². The first kappa shape index (κ1) is 23.3. The van der Waals surface area contributed by atoms with Crippen LogP contribution >= 0.6 is 27.5 Å². The fourth-order valence-corrected chi connectivity index (χ4v) is 6.37. The van der Waals surface area contributed by atoms with Crippen LogP contribution in [0.2, 0.25) is 5.15 Å². The zero-order valence-corrected chi connectivity index (χ0v) is 21.9. The van der Waals surface area contributed by atoms with Gasteiger partial charge < -0.3 is 23.7 Å². The second kappa shape index (κ2) is 8.07. The molecule has 0 N–H and O–H groups in total. The first-order chi connectivity index (χ1) is 15.4. The monoisotopic (exact) mass is 540 g/mol. The van der Waals surface area contributed by atoms with Gasteiger partial charge in [0.15, 0.2) is 5.79 Å². The maximum Gasteiger partial charge on any atom is 0.410 e. The number of rotatable bonds is 3. The average molecular weight is 542 g/mol. The summed E-state index contributed by atoms with van der Waals surface area (Å²) in [6.45, 7) is 11.0. The Kier molecular flexibility index (Phi) is 5.70. The molecule has 0 unspecified atom stereocenters. The van der Waals surface area contributed by atoms with E-state index in [1.807, 2.05) is 40.8 Å². The minimum Gasteiger partial charge on any atom is -0.444 e. The van der Waals surface area contributed by atoms with Crippen LogP contribution in [0.15, 0.2) is 17.0 Å². The molecule has 3 aliphatic rings. The molecule has 0 aromatic carbocycles. The molecule has 0 spiro atoms. The number of halogens is 2. The van der Waals surface area contributed by atoms with E-state index >= 15 is 0 Å². The molecule has 2 aromatic heterocycles. The molecular formula is C23H30BrClN4O4. The largest absolute Gasteiger partial charge is 0.444 e. The molecule has 4 atom stereocenters. The molecule has 33 heavy (non-hydrogen) atoms. The van der Waals surface area contributed by atoms with E-state index in [1.165, 1.54) is 6.33 Å². The normalized spacial score (nSPS) is 29.4. The van der Waals surface area contributed by atoms with Gasteiger partial charge in [-0.2, -0.15) is 0 Å². The first-order valence-corrected chi connectivity index (χ1v) is 12.6. The summed E-state index contributed by atoms with van der Waals surface area (Å²) in [6.07, 6.45) is 5.09. The molecule has 1 amide bonds. The highest BCUT2D eigenvalue weighted by Gasteiger charge is 2.55. The van der Waals surface area contributed by atoms with Crippen LogP contribution in [-0.4, -0.2) is 62.2 Å². The highest BCUT2D eigenvalue weighted by atomic mass is 79.9. The van der Waals surface area contributed by atoms with Crippen LogP contribution in [0.3, 0.4) is 0 Å². The van der Waals surface area contributed by atoms with Crippen molar-refractivity contribution < 1.29 is 19.0 Å². The van der Waals surface area contributed by atoms with Crippen molar-refractivity contribution in [3.05, 3.63) is 22.1 Å². The molecule has 10 heteroatoms. The van der Waals surface area contributed by atoms with E-state index in [0.29, 0.717) is 17.0 Å². The predicted octanol–water partition coefficient (Wildman–Crippen LogP) is 5.19. The fourth-order valence-electron chi connectivity index (χ4n) is 5.44. The van der Waals surface area contributed by atoms with Gasteiger partial charge in [0.05, 0.1) is 17.5 Å². The van der Waals surface area contributed by atoms with Crippen LogP contribution in [0.25, 0.3) is 11.0 Å². The molecule has 4 heterocycles. The van der Waals surface area contributed by atoms with Crippen molar-refractivity contribution in [2.75, 3.05) is 13.1 Å². The average Bonchev–Trinajstić information content (AvgIpc) is 3.26. The number of aromatic nitrogens is 3. The highest BCUT2D eigenvalue weighted by Crippen LogP contribution is 2.50. The smallest absolute Gasteiger partial charge is 0.410 e. The van der Waals surface area contributed by atoms with E-state index in [2.05, 4.69) is 30.5 Å². The molecule has 2 saturated heterocycles. The van der Waals surface area contributed by atoms with E-state index in [9.17, 15) is 4.79 Å². The number of amides is 1. The van der Waals surface area contributed by atoms with Crippen molar-refractivity contribution in [2.45, 2.75) is 77.1 Å². The van der Waals surface area contributed by atoms with Gasteiger partial charge in [0.1, 0.15) is 28.8 Å². The standard InChI is InChI=1S/C23H30BrClN4O4/c1-22(2,3)33-21(30)28-8-12(9-28)6-13-7-15(18-17(13)31-23(4,5)32-18)29-10-14(24)16-19(25)26-11-27-20(16)29/h10-13,15,17-18H,6-9H2,1-5H3/t13-,15+,17+,18-/m0/s1. The molecule has 1 saturated carbocycles. The Morgan fingerprint density at radius 3 is 2.67 bits per heavy atom. The Morgan fingerprint density at radius 1 is 1.27 bits per heavy atom. The van der Waals surface area contributed by atoms with Crippen molar-refractivity contribution in [3.63, 3.8) is 0 Å². The SMILES string of the molecule is CC(C)(C)OC(=O)N1CC(C[C@H]2C[C@@H](n3cc(Br)c4c(Cl)ncnc43)[C@@H]3OC(C)(C)O[C@H]23)C1. The molecule has 3 fully saturated rings. The van der Waals surface area contributed by atoms with Gasteiger partial charge in [0.25, 0.3) is 0 Å². The Morgan fingerprint density at radius 2 is 1.97 bits per heavy atom. The summed E-state index contributed by atoms with van der Waals surface area (Å²) < 4.78 is 21.3. The van der Waals surface area contributed by atoms with Crippen molar-refractivity contribution >= 4 is 44.7 Å². The molecule has 180 valence electrons. The van der Waals surface area contributed by atoms with Crippen molar-refractivity contribution in [1.29, 1.82) is 0 Å². The maximum atomic E-state index is 12.3. The van der Waals surface area contributed by atoms with Crippen molar-refractivity contribution in [2.24, 2.45) is 11.8 Å². The molecule has 5 rings (SSSR count). The van der Waals surface area contributed by atoms with Crippen LogP contribution in [0.1, 0.15) is 53.5 Å². The van der Waals surface area contributed by atoms with Gasteiger partial charge >= 0.3 is 6.09 Å². The summed E-state index contributed by atoms with van der Waals surface area (Å²) >= 11 is 9.97. The number of likely N-dealkylation sites (tertiary alicyclic amines) is 1. The third kappa shape index (κ3) is 4.37. The second-order valence-electron chi connectivity index (χ2n) is 10.9. The van der Waals surface area contributed by atoms with Gasteiger partial charge in [-0.25, -0.2) is 14.8 Å². The van der Waals surface area contributed by atoms with Gasteiger partial charge in [-0.15, -0.1) is 0 Å². The highest BCUT2D eigenvalue weighted by molar-refractivity contribution is 9.10. The van der Waals surface area contributed by atoms with Crippen molar-refractivity contribution in [1.82, 2.24) is 19.4 Å². The third-order valence-corrected chi connectivity index (χ3v) is 7.56. The summed E-state index contributed by atoms with van der Waals surface area (Å²) in [4.78, 5) is 22.7. The van der Waals surface area contributed by atoms with E-state index in [1.54, 1.807) is 4.90 Å². The summed E-state index contributed by atoms with van der Waals surface area (Å²) in [7, 11) is 0. The fraction of sp³-hybridized carbons (Fsp3) is 0.696. The lowest BCUT2D eigenvalue weighted by Crippen LogP contribution is -2.52. The Labute approximate surface area is 207 Å². The van der Waals surface area contributed by atoms with Crippen LogP contribution in [-0.2, 0) is 14.2 Å². The van der Waals surface area contributed by atoms with Crippen LogP contribution in [0.5, 0.6) is 0 Å². The molecular weight excluding hydrogens is 512 g/mol. The van der Waals surface area contributed by atoms with Crippen LogP contribution in [0, 0.1) is 11.8 Å². The van der Waals surface area contributed by atoms with Gasteiger partial charge in [-0.1, -0.05) is 11.6 Å². The number of carbonyl (C=O) groups excluding carboxylic acids is 1. The quantitative estimate of drug-likeness (QED) is 0.498. The van der Waals surface area contributed by atoms with Gasteiger partial charge in [0, 0.05) is 23.8 Å². The van der Waals surface area contributed by atoms with Crippen LogP contribution < -0.4 is 0 Å². The van der Waals surface area contributed by atoms with E-state index in [4.69, 9.17) is 25.8 Å². The number of nitrogens with zero attached hydrogens (tertiary/aromatic N) is 4. The summed E-state index contributed by atoms with van der Waals surface area (Å²) in [5, 5.41) is 1.24. The Balaban J connectivity index is 1.33. The number of fused-ring (bicyclic) bond motifs is 2. The minimum absolute atomic E-state index is 0.00545. The molecule has 2 aliphatic heterocycles. The predicted molar refractivity (Wildman–Crippen MR) is 127 cm³/mol.